The predicted octanol–water partition coefficient (Wildman–Crippen LogP) is 11.4. The van der Waals surface area contributed by atoms with Crippen molar-refractivity contribution >= 4 is 27.8 Å². The topological polar surface area (TPSA) is 12.5 Å². The van der Waals surface area contributed by atoms with Crippen LogP contribution < -0.4 is 9.64 Å². The summed E-state index contributed by atoms with van der Waals surface area (Å²) in [5.74, 6) is 1.81. The Labute approximate surface area is 245 Å². The molecule has 0 atom stereocenters. The highest BCUT2D eigenvalue weighted by Crippen LogP contribution is 2.49. The highest BCUT2D eigenvalue weighted by atomic mass is 16.5. The summed E-state index contributed by atoms with van der Waals surface area (Å²) in [6, 6.07) is 57.9. The normalized spacial score (nSPS) is 11.5. The molecule has 0 aliphatic carbocycles. The zero-order valence-corrected chi connectivity index (χ0v) is 22.9. The van der Waals surface area contributed by atoms with Crippen LogP contribution in [0.25, 0.3) is 44.2 Å². The summed E-state index contributed by atoms with van der Waals surface area (Å²) in [6.45, 7) is 0. The molecule has 0 saturated carbocycles. The van der Waals surface area contributed by atoms with Crippen LogP contribution in [0.5, 0.6) is 11.5 Å². The first-order valence-corrected chi connectivity index (χ1v) is 14.3. The van der Waals surface area contributed by atoms with Crippen molar-refractivity contribution < 1.29 is 4.74 Å². The summed E-state index contributed by atoms with van der Waals surface area (Å²) < 4.78 is 6.36. The number of rotatable bonds is 5. The second-order valence-electron chi connectivity index (χ2n) is 10.5. The molecule has 0 amide bonds. The largest absolute Gasteiger partial charge is 0.456 e. The fraction of sp³-hybridized carbons (Fsp3) is 0. The number of fused-ring (bicyclic) bond motifs is 2. The zero-order chi connectivity index (χ0) is 27.9. The summed E-state index contributed by atoms with van der Waals surface area (Å²) in [6.07, 6.45) is 0. The van der Waals surface area contributed by atoms with E-state index in [0.29, 0.717) is 0 Å². The minimum absolute atomic E-state index is 0.905. The lowest BCUT2D eigenvalue weighted by Crippen LogP contribution is -2.11. The molecule has 7 aromatic rings. The molecule has 2 nitrogen and oxygen atoms in total. The molecule has 1 aliphatic rings. The Balaban J connectivity index is 1.31. The third kappa shape index (κ3) is 4.05. The van der Waals surface area contributed by atoms with Crippen molar-refractivity contribution in [2.24, 2.45) is 0 Å². The molecular formula is C40H27NO. The van der Waals surface area contributed by atoms with Gasteiger partial charge in [-0.25, -0.2) is 0 Å². The van der Waals surface area contributed by atoms with E-state index in [1.165, 1.54) is 27.6 Å². The number of anilines is 3. The Morgan fingerprint density at radius 3 is 1.88 bits per heavy atom. The van der Waals surface area contributed by atoms with Crippen molar-refractivity contribution in [2.45, 2.75) is 0 Å². The maximum Gasteiger partial charge on any atom is 0.135 e. The van der Waals surface area contributed by atoms with Crippen LogP contribution in [0.1, 0.15) is 0 Å². The van der Waals surface area contributed by atoms with Crippen molar-refractivity contribution in [3.05, 3.63) is 164 Å². The fourth-order valence-electron chi connectivity index (χ4n) is 6.18. The van der Waals surface area contributed by atoms with Gasteiger partial charge in [-0.1, -0.05) is 121 Å². The maximum absolute atomic E-state index is 6.36. The number of nitrogens with zero attached hydrogens (tertiary/aromatic N) is 1. The highest BCUT2D eigenvalue weighted by molar-refractivity contribution is 6.10. The fourth-order valence-corrected chi connectivity index (χ4v) is 6.18. The smallest absolute Gasteiger partial charge is 0.135 e. The van der Waals surface area contributed by atoms with Crippen LogP contribution in [-0.4, -0.2) is 0 Å². The Morgan fingerprint density at radius 1 is 0.381 bits per heavy atom. The van der Waals surface area contributed by atoms with E-state index in [9.17, 15) is 0 Å². The number of para-hydroxylation sites is 3. The minimum atomic E-state index is 0.905. The molecule has 7 aromatic carbocycles. The Hall–Kier alpha value is -5.60. The summed E-state index contributed by atoms with van der Waals surface area (Å²) >= 11 is 0. The lowest BCUT2D eigenvalue weighted by molar-refractivity contribution is 0.487. The number of hydrogen-bond donors (Lipinski definition) is 0. The van der Waals surface area contributed by atoms with Crippen LogP contribution in [0.4, 0.5) is 17.1 Å². The molecule has 42 heavy (non-hydrogen) atoms. The molecule has 0 spiro atoms. The van der Waals surface area contributed by atoms with E-state index in [4.69, 9.17) is 4.74 Å². The first kappa shape index (κ1) is 24.2. The van der Waals surface area contributed by atoms with Gasteiger partial charge in [-0.2, -0.15) is 0 Å². The average molecular weight is 538 g/mol. The van der Waals surface area contributed by atoms with Crippen LogP contribution in [0.3, 0.4) is 0 Å². The molecule has 1 heterocycles. The van der Waals surface area contributed by atoms with Gasteiger partial charge in [0.15, 0.2) is 0 Å². The Kier molecular flexibility index (Phi) is 5.82. The molecule has 0 fully saturated rings. The number of ether oxygens (including phenoxy) is 1. The van der Waals surface area contributed by atoms with Gasteiger partial charge >= 0.3 is 0 Å². The molecule has 0 N–H and O–H groups in total. The molecule has 0 saturated heterocycles. The van der Waals surface area contributed by atoms with Crippen LogP contribution in [0.2, 0.25) is 0 Å². The molecule has 198 valence electrons. The maximum atomic E-state index is 6.36. The van der Waals surface area contributed by atoms with Crippen molar-refractivity contribution in [3.8, 4) is 44.9 Å². The number of hydrogen-bond acceptors (Lipinski definition) is 2. The van der Waals surface area contributed by atoms with E-state index in [0.717, 1.165) is 45.1 Å². The van der Waals surface area contributed by atoms with E-state index < -0.39 is 0 Å². The van der Waals surface area contributed by atoms with E-state index >= 15 is 0 Å². The summed E-state index contributed by atoms with van der Waals surface area (Å²) in [4.78, 5) is 2.36. The standard InChI is InChI=1S/C40H27NO/c1-3-13-28(14-4-1)33-19-7-9-23-37(33)41(30-16-5-2-6-17-30)31-18-11-15-29(27-31)32-25-26-39-40-35(32)21-12-22-36(40)34-20-8-10-24-38(34)42-39/h1-27H. The highest BCUT2D eigenvalue weighted by Gasteiger charge is 2.22. The van der Waals surface area contributed by atoms with Crippen molar-refractivity contribution in [1.82, 2.24) is 0 Å². The number of benzene rings is 7. The van der Waals surface area contributed by atoms with Crippen LogP contribution >= 0.6 is 0 Å². The quantitative estimate of drug-likeness (QED) is 0.216. The molecule has 8 rings (SSSR count). The van der Waals surface area contributed by atoms with Gasteiger partial charge in [-0.15, -0.1) is 0 Å². The molecule has 0 bridgehead atoms. The van der Waals surface area contributed by atoms with Crippen molar-refractivity contribution in [1.29, 1.82) is 0 Å². The van der Waals surface area contributed by atoms with E-state index in [1.54, 1.807) is 0 Å². The van der Waals surface area contributed by atoms with Crippen molar-refractivity contribution in [3.63, 3.8) is 0 Å². The Morgan fingerprint density at radius 2 is 1.02 bits per heavy atom. The summed E-state index contributed by atoms with van der Waals surface area (Å²) in [5.41, 5.74) is 10.4. The van der Waals surface area contributed by atoms with Crippen LogP contribution in [-0.2, 0) is 0 Å². The van der Waals surface area contributed by atoms with Gasteiger partial charge in [0.1, 0.15) is 11.5 Å². The van der Waals surface area contributed by atoms with Gasteiger partial charge < -0.3 is 9.64 Å². The lowest BCUT2D eigenvalue weighted by Gasteiger charge is -2.28. The van der Waals surface area contributed by atoms with E-state index in [-0.39, 0.29) is 0 Å². The van der Waals surface area contributed by atoms with Crippen molar-refractivity contribution in [2.75, 3.05) is 4.90 Å². The molecule has 0 aromatic heterocycles. The Bertz CT molecular complexity index is 2060. The van der Waals surface area contributed by atoms with E-state index in [2.05, 4.69) is 157 Å². The second kappa shape index (κ2) is 10.1. The van der Waals surface area contributed by atoms with Crippen LogP contribution in [0.15, 0.2) is 164 Å². The third-order valence-corrected chi connectivity index (χ3v) is 8.06. The van der Waals surface area contributed by atoms with Gasteiger partial charge in [-0.3, -0.25) is 0 Å². The van der Waals surface area contributed by atoms with Crippen LogP contribution in [0, 0.1) is 0 Å². The SMILES string of the molecule is c1ccc(-c2ccccc2N(c2ccccc2)c2cccc(-c3ccc4c5c(cccc35)-c3ccccc3O4)c2)cc1. The molecule has 1 aliphatic heterocycles. The lowest BCUT2D eigenvalue weighted by atomic mass is 9.90. The van der Waals surface area contributed by atoms with Gasteiger partial charge in [0.05, 0.1) is 5.69 Å². The molecule has 0 radical (unpaired) electrons. The average Bonchev–Trinajstić information content (AvgIpc) is 3.06. The first-order valence-electron chi connectivity index (χ1n) is 14.3. The molecular weight excluding hydrogens is 510 g/mol. The van der Waals surface area contributed by atoms with Gasteiger partial charge in [0.25, 0.3) is 0 Å². The summed E-state index contributed by atoms with van der Waals surface area (Å²) in [7, 11) is 0. The molecule has 0 unspecified atom stereocenters. The molecule has 2 heteroatoms. The minimum Gasteiger partial charge on any atom is -0.456 e. The predicted molar refractivity (Wildman–Crippen MR) is 175 cm³/mol. The van der Waals surface area contributed by atoms with E-state index in [1.807, 2.05) is 12.1 Å². The van der Waals surface area contributed by atoms with Gasteiger partial charge in [-0.05, 0) is 70.1 Å². The summed E-state index contributed by atoms with van der Waals surface area (Å²) in [5, 5.41) is 2.35. The van der Waals surface area contributed by atoms with Gasteiger partial charge in [0, 0.05) is 27.9 Å². The van der Waals surface area contributed by atoms with Gasteiger partial charge in [0.2, 0.25) is 0 Å². The zero-order valence-electron chi connectivity index (χ0n) is 22.9. The monoisotopic (exact) mass is 537 g/mol. The second-order valence-corrected chi connectivity index (χ2v) is 10.5. The third-order valence-electron chi connectivity index (χ3n) is 8.06. The first-order chi connectivity index (χ1) is 20.8.